The van der Waals surface area contributed by atoms with Gasteiger partial charge in [0.15, 0.2) is 0 Å². The summed E-state index contributed by atoms with van der Waals surface area (Å²) in [7, 11) is 0. The van der Waals surface area contributed by atoms with Gasteiger partial charge in [0.1, 0.15) is 0 Å². The Bertz CT molecular complexity index is 196. The van der Waals surface area contributed by atoms with E-state index in [0.717, 1.165) is 13.0 Å². The largest absolute Gasteiger partial charge is 0.309 e. The van der Waals surface area contributed by atoms with Gasteiger partial charge in [-0.05, 0) is 12.8 Å². The average Bonchev–Trinajstić information content (AvgIpc) is 2.64. The van der Waals surface area contributed by atoms with Crippen LogP contribution in [0.25, 0.3) is 0 Å². The molecule has 2 aliphatic rings. The normalized spacial score (nSPS) is 38.4. The molecular formula is C10H16N2. The topological polar surface area (TPSA) is 15.3 Å². The van der Waals surface area contributed by atoms with Crippen molar-refractivity contribution >= 4 is 0 Å². The molecule has 12 heavy (non-hydrogen) atoms. The third-order valence-electron chi connectivity index (χ3n) is 3.11. The summed E-state index contributed by atoms with van der Waals surface area (Å²) in [6.07, 6.45) is 8.70. The molecule has 0 unspecified atom stereocenters. The number of terminal acetylenes is 1. The van der Waals surface area contributed by atoms with Crippen molar-refractivity contribution in [2.75, 3.05) is 26.2 Å². The van der Waals surface area contributed by atoms with Crippen LogP contribution in [-0.2, 0) is 0 Å². The van der Waals surface area contributed by atoms with Gasteiger partial charge in [0.2, 0.25) is 0 Å². The van der Waals surface area contributed by atoms with Crippen molar-refractivity contribution in [1.29, 1.82) is 0 Å². The number of hydrogen-bond donors (Lipinski definition) is 1. The van der Waals surface area contributed by atoms with E-state index in [0.29, 0.717) is 5.54 Å². The van der Waals surface area contributed by atoms with Gasteiger partial charge in [-0.15, -0.1) is 12.3 Å². The smallest absolute Gasteiger partial charge is 0.0333 e. The summed E-state index contributed by atoms with van der Waals surface area (Å²) in [6, 6.07) is 0. The van der Waals surface area contributed by atoms with E-state index < -0.39 is 0 Å². The molecule has 1 N–H and O–H groups in total. The summed E-state index contributed by atoms with van der Waals surface area (Å²) < 4.78 is 0. The standard InChI is InChI=1S/C10H16N2/c1-2-3-6-11-10-4-7-12(9-10)8-5-10/h1,11H,3-9H2. The maximum absolute atomic E-state index is 5.21. The van der Waals surface area contributed by atoms with Gasteiger partial charge in [-0.3, -0.25) is 0 Å². The molecule has 0 aromatic rings. The monoisotopic (exact) mass is 164 g/mol. The number of nitrogens with one attached hydrogen (secondary N) is 1. The molecule has 0 spiro atoms. The maximum atomic E-state index is 5.21. The molecule has 2 nitrogen and oxygen atoms in total. The molecule has 0 saturated carbocycles. The van der Waals surface area contributed by atoms with Crippen LogP contribution in [0.15, 0.2) is 0 Å². The fourth-order valence-electron chi connectivity index (χ4n) is 2.36. The van der Waals surface area contributed by atoms with Crippen molar-refractivity contribution in [3.05, 3.63) is 0 Å². The lowest BCUT2D eigenvalue weighted by Crippen LogP contribution is -2.44. The van der Waals surface area contributed by atoms with E-state index in [9.17, 15) is 0 Å². The van der Waals surface area contributed by atoms with Crippen LogP contribution in [0, 0.1) is 12.3 Å². The predicted molar refractivity (Wildman–Crippen MR) is 49.9 cm³/mol. The fraction of sp³-hybridized carbons (Fsp3) is 0.800. The first-order chi connectivity index (χ1) is 5.85. The van der Waals surface area contributed by atoms with E-state index in [-0.39, 0.29) is 0 Å². The fourth-order valence-corrected chi connectivity index (χ4v) is 2.36. The lowest BCUT2D eigenvalue weighted by molar-refractivity contribution is 0.342. The average molecular weight is 164 g/mol. The first-order valence-electron chi connectivity index (χ1n) is 4.76. The SMILES string of the molecule is C#CCCNC12CCN(CC1)C2. The van der Waals surface area contributed by atoms with Crippen LogP contribution in [-0.4, -0.2) is 36.6 Å². The second-order valence-electron chi connectivity index (χ2n) is 3.94. The van der Waals surface area contributed by atoms with Crippen LogP contribution in [0.3, 0.4) is 0 Å². The van der Waals surface area contributed by atoms with Crippen LogP contribution in [0.2, 0.25) is 0 Å². The van der Waals surface area contributed by atoms with Crippen molar-refractivity contribution in [2.45, 2.75) is 24.8 Å². The molecule has 2 heteroatoms. The Hall–Kier alpha value is -0.520. The minimum absolute atomic E-state index is 0.441. The molecule has 0 aromatic carbocycles. The number of rotatable bonds is 3. The van der Waals surface area contributed by atoms with Crippen molar-refractivity contribution in [3.63, 3.8) is 0 Å². The van der Waals surface area contributed by atoms with Gasteiger partial charge >= 0.3 is 0 Å². The van der Waals surface area contributed by atoms with Crippen LogP contribution in [0.5, 0.6) is 0 Å². The van der Waals surface area contributed by atoms with Gasteiger partial charge in [-0.1, -0.05) is 0 Å². The van der Waals surface area contributed by atoms with Gasteiger partial charge in [-0.25, -0.2) is 0 Å². The lowest BCUT2D eigenvalue weighted by atomic mass is 9.95. The zero-order valence-corrected chi connectivity index (χ0v) is 7.47. The Morgan fingerprint density at radius 3 is 2.67 bits per heavy atom. The van der Waals surface area contributed by atoms with E-state index in [1.54, 1.807) is 0 Å². The van der Waals surface area contributed by atoms with Gasteiger partial charge in [0, 0.05) is 38.1 Å². The summed E-state index contributed by atoms with van der Waals surface area (Å²) >= 11 is 0. The quantitative estimate of drug-likeness (QED) is 0.481. The Labute approximate surface area is 74.3 Å². The molecule has 0 amide bonds. The van der Waals surface area contributed by atoms with Gasteiger partial charge in [0.25, 0.3) is 0 Å². The summed E-state index contributed by atoms with van der Waals surface area (Å²) in [4.78, 5) is 2.53. The minimum atomic E-state index is 0.441. The Balaban J connectivity index is 1.83. The van der Waals surface area contributed by atoms with Crippen molar-refractivity contribution in [3.8, 4) is 12.3 Å². The summed E-state index contributed by atoms with van der Waals surface area (Å²) in [5.41, 5.74) is 0.441. The lowest BCUT2D eigenvalue weighted by Gasteiger charge is -2.26. The molecule has 2 saturated heterocycles. The molecule has 2 fully saturated rings. The molecule has 2 aliphatic heterocycles. The second-order valence-corrected chi connectivity index (χ2v) is 3.94. The zero-order chi connectivity index (χ0) is 8.44. The van der Waals surface area contributed by atoms with E-state index in [4.69, 9.17) is 6.42 Å². The zero-order valence-electron chi connectivity index (χ0n) is 7.47. The van der Waals surface area contributed by atoms with Crippen LogP contribution in [0.4, 0.5) is 0 Å². The molecule has 66 valence electrons. The Morgan fingerprint density at radius 2 is 2.17 bits per heavy atom. The minimum Gasteiger partial charge on any atom is -0.309 e. The summed E-state index contributed by atoms with van der Waals surface area (Å²) in [6.45, 7) is 4.80. The van der Waals surface area contributed by atoms with Gasteiger partial charge < -0.3 is 10.2 Å². The molecule has 2 bridgehead atoms. The Kier molecular flexibility index (Phi) is 2.08. The first kappa shape index (κ1) is 8.10. The molecule has 2 rings (SSSR count). The molecule has 0 aliphatic carbocycles. The molecular weight excluding hydrogens is 148 g/mol. The van der Waals surface area contributed by atoms with Crippen molar-refractivity contribution < 1.29 is 0 Å². The third kappa shape index (κ3) is 1.35. The van der Waals surface area contributed by atoms with Crippen molar-refractivity contribution in [1.82, 2.24) is 10.2 Å². The Morgan fingerprint density at radius 1 is 1.42 bits per heavy atom. The van der Waals surface area contributed by atoms with Gasteiger partial charge in [0.05, 0.1) is 0 Å². The summed E-state index contributed by atoms with van der Waals surface area (Å²) in [5, 5.41) is 3.60. The van der Waals surface area contributed by atoms with Crippen LogP contribution < -0.4 is 5.32 Å². The first-order valence-corrected chi connectivity index (χ1v) is 4.76. The highest BCUT2D eigenvalue weighted by molar-refractivity contribution is 5.03. The number of fused-ring (bicyclic) bond motifs is 2. The highest BCUT2D eigenvalue weighted by Gasteiger charge is 2.42. The number of hydrogen-bond acceptors (Lipinski definition) is 2. The van der Waals surface area contributed by atoms with E-state index >= 15 is 0 Å². The molecule has 0 aromatic heterocycles. The second kappa shape index (κ2) is 3.08. The molecule has 2 heterocycles. The maximum Gasteiger partial charge on any atom is 0.0333 e. The highest BCUT2D eigenvalue weighted by Crippen LogP contribution is 2.31. The van der Waals surface area contributed by atoms with E-state index in [1.165, 1.54) is 32.5 Å². The summed E-state index contributed by atoms with van der Waals surface area (Å²) in [5.74, 6) is 2.67. The molecule has 0 atom stereocenters. The third-order valence-corrected chi connectivity index (χ3v) is 3.11. The van der Waals surface area contributed by atoms with Crippen molar-refractivity contribution in [2.24, 2.45) is 0 Å². The highest BCUT2D eigenvalue weighted by atomic mass is 15.2. The van der Waals surface area contributed by atoms with E-state index in [2.05, 4.69) is 16.1 Å². The molecule has 0 radical (unpaired) electrons. The predicted octanol–water partition coefficient (Wildman–Crippen LogP) is 0.448. The van der Waals surface area contributed by atoms with Crippen LogP contribution >= 0.6 is 0 Å². The van der Waals surface area contributed by atoms with E-state index in [1.807, 2.05) is 0 Å². The van der Waals surface area contributed by atoms with Crippen LogP contribution in [0.1, 0.15) is 19.3 Å². The van der Waals surface area contributed by atoms with Gasteiger partial charge in [-0.2, -0.15) is 0 Å². The number of piperidine rings is 1. The number of nitrogens with zero attached hydrogens (tertiary/aromatic N) is 1.